The third kappa shape index (κ3) is 2.96. The Kier molecular flexibility index (Phi) is 4.45. The van der Waals surface area contributed by atoms with E-state index in [4.69, 9.17) is 5.73 Å². The van der Waals surface area contributed by atoms with Crippen LogP contribution in [0.3, 0.4) is 0 Å². The number of hydrogen-bond acceptors (Lipinski definition) is 4. The van der Waals surface area contributed by atoms with Gasteiger partial charge in [-0.2, -0.15) is 0 Å². The minimum Gasteiger partial charge on any atom is -0.381 e. The molecule has 0 aromatic rings. The molecule has 2 amide bonds. The molecule has 0 bridgehead atoms. The van der Waals surface area contributed by atoms with E-state index in [0.29, 0.717) is 24.7 Å². The Morgan fingerprint density at radius 2 is 2.04 bits per heavy atom. The molecule has 1 unspecified atom stereocenters. The molecule has 0 aromatic carbocycles. The Bertz CT molecular complexity index is 559. The highest BCUT2D eigenvalue weighted by atomic mass is 16.3. The number of carbonyl (C=O) groups excluding carboxylic acids is 3. The number of amides is 2. The van der Waals surface area contributed by atoms with Crippen molar-refractivity contribution in [3.05, 3.63) is 0 Å². The maximum absolute atomic E-state index is 12.7. The van der Waals surface area contributed by atoms with Crippen molar-refractivity contribution in [3.8, 4) is 0 Å². The SMILES string of the molecule is CC1(C)[C@@H]2[C@@H](C(=O)N[C@@H](C[C@@H]3CCCC3=O)C(O)C(N)=O)CC[C@@H]21. The van der Waals surface area contributed by atoms with Crippen LogP contribution in [0.2, 0.25) is 0 Å². The summed E-state index contributed by atoms with van der Waals surface area (Å²) in [6.07, 6.45) is 2.87. The fourth-order valence-corrected chi connectivity index (χ4v) is 5.17. The maximum Gasteiger partial charge on any atom is 0.248 e. The molecule has 6 nitrogen and oxygen atoms in total. The Balaban J connectivity index is 1.66. The molecule has 134 valence electrons. The van der Waals surface area contributed by atoms with Crippen LogP contribution in [-0.2, 0) is 14.4 Å². The predicted molar refractivity (Wildman–Crippen MR) is 87.6 cm³/mol. The summed E-state index contributed by atoms with van der Waals surface area (Å²) in [4.78, 5) is 36.0. The monoisotopic (exact) mass is 336 g/mol. The molecule has 3 saturated carbocycles. The number of fused-ring (bicyclic) bond motifs is 1. The molecule has 0 spiro atoms. The van der Waals surface area contributed by atoms with Gasteiger partial charge in [-0.25, -0.2) is 0 Å². The summed E-state index contributed by atoms with van der Waals surface area (Å²) in [7, 11) is 0. The van der Waals surface area contributed by atoms with Crippen molar-refractivity contribution in [1.82, 2.24) is 5.32 Å². The van der Waals surface area contributed by atoms with Gasteiger partial charge in [0.1, 0.15) is 5.78 Å². The lowest BCUT2D eigenvalue weighted by molar-refractivity contribution is -0.132. The van der Waals surface area contributed by atoms with Crippen LogP contribution in [-0.4, -0.2) is 34.8 Å². The second-order valence-electron chi connectivity index (χ2n) is 8.39. The Morgan fingerprint density at radius 3 is 2.54 bits per heavy atom. The summed E-state index contributed by atoms with van der Waals surface area (Å²) in [5.41, 5.74) is 5.44. The number of nitrogens with one attached hydrogen (secondary N) is 1. The molecule has 6 heteroatoms. The molecule has 4 N–H and O–H groups in total. The van der Waals surface area contributed by atoms with E-state index >= 15 is 0 Å². The van der Waals surface area contributed by atoms with E-state index in [1.54, 1.807) is 0 Å². The van der Waals surface area contributed by atoms with Gasteiger partial charge >= 0.3 is 0 Å². The molecule has 0 aliphatic heterocycles. The van der Waals surface area contributed by atoms with Crippen molar-refractivity contribution in [1.29, 1.82) is 0 Å². The summed E-state index contributed by atoms with van der Waals surface area (Å²) in [6, 6.07) is -0.775. The van der Waals surface area contributed by atoms with Crippen LogP contribution in [0.1, 0.15) is 52.4 Å². The summed E-state index contributed by atoms with van der Waals surface area (Å²) in [5, 5.41) is 12.9. The number of rotatable bonds is 6. The standard InChI is InChI=1S/C18H28N2O4/c1-18(2)11-7-6-10(14(11)18)17(24)20-12(15(22)16(19)23)8-9-4-3-5-13(9)21/h9-12,14-15,22H,3-8H2,1-2H3,(H2,19,23)(H,20,24)/t9-,10-,11-,12-,14+,15?/m0/s1. The molecule has 0 radical (unpaired) electrons. The van der Waals surface area contributed by atoms with E-state index in [-0.39, 0.29) is 28.9 Å². The lowest BCUT2D eigenvalue weighted by Gasteiger charge is -2.27. The van der Waals surface area contributed by atoms with Crippen molar-refractivity contribution in [2.45, 2.75) is 64.5 Å². The summed E-state index contributed by atoms with van der Waals surface area (Å²) < 4.78 is 0. The van der Waals surface area contributed by atoms with Crippen LogP contribution in [0, 0.1) is 29.1 Å². The average Bonchev–Trinajstić information content (AvgIpc) is 2.93. The molecule has 3 aliphatic carbocycles. The number of ketones is 1. The first kappa shape index (κ1) is 17.4. The number of aliphatic hydroxyl groups excluding tert-OH is 1. The summed E-state index contributed by atoms with van der Waals surface area (Å²) in [5.74, 6) is -0.0909. The van der Waals surface area contributed by atoms with Crippen molar-refractivity contribution in [3.63, 3.8) is 0 Å². The van der Waals surface area contributed by atoms with E-state index in [1.807, 2.05) is 0 Å². The zero-order chi connectivity index (χ0) is 17.6. The molecule has 3 fully saturated rings. The summed E-state index contributed by atoms with van der Waals surface area (Å²) in [6.45, 7) is 4.38. The molecule has 0 saturated heterocycles. The van der Waals surface area contributed by atoms with Gasteiger partial charge in [-0.15, -0.1) is 0 Å². The number of primary amides is 1. The average molecular weight is 336 g/mol. The van der Waals surface area contributed by atoms with Crippen LogP contribution >= 0.6 is 0 Å². The molecular formula is C18H28N2O4. The van der Waals surface area contributed by atoms with Crippen LogP contribution in [0.25, 0.3) is 0 Å². The van der Waals surface area contributed by atoms with Gasteiger partial charge in [0.25, 0.3) is 0 Å². The minimum absolute atomic E-state index is 0.0631. The number of aliphatic hydroxyl groups is 1. The Labute approximate surface area is 142 Å². The second-order valence-corrected chi connectivity index (χ2v) is 8.39. The van der Waals surface area contributed by atoms with Gasteiger partial charge in [0.05, 0.1) is 6.04 Å². The van der Waals surface area contributed by atoms with Crippen molar-refractivity contribution >= 4 is 17.6 Å². The van der Waals surface area contributed by atoms with Crippen LogP contribution in [0.5, 0.6) is 0 Å². The zero-order valence-corrected chi connectivity index (χ0v) is 14.5. The van der Waals surface area contributed by atoms with Gasteiger partial charge in [0.15, 0.2) is 6.10 Å². The largest absolute Gasteiger partial charge is 0.381 e. The number of Topliss-reactive ketones (excluding diaryl/α,β-unsaturated/α-hetero) is 1. The predicted octanol–water partition coefficient (Wildman–Crippen LogP) is 0.759. The van der Waals surface area contributed by atoms with Crippen LogP contribution in [0.4, 0.5) is 0 Å². The highest BCUT2D eigenvalue weighted by Gasteiger charge is 2.65. The van der Waals surface area contributed by atoms with Gasteiger partial charge in [0.2, 0.25) is 11.8 Å². The molecule has 0 aromatic heterocycles. The minimum atomic E-state index is -1.45. The topological polar surface area (TPSA) is 109 Å². The first-order chi connectivity index (χ1) is 11.2. The molecule has 24 heavy (non-hydrogen) atoms. The lowest BCUT2D eigenvalue weighted by Crippen LogP contribution is -2.51. The van der Waals surface area contributed by atoms with E-state index in [2.05, 4.69) is 19.2 Å². The first-order valence-electron chi connectivity index (χ1n) is 9.04. The van der Waals surface area contributed by atoms with Crippen molar-refractivity contribution < 1.29 is 19.5 Å². The molecular weight excluding hydrogens is 308 g/mol. The third-order valence-corrected chi connectivity index (χ3v) is 6.67. The normalized spacial score (nSPS) is 36.0. The zero-order valence-electron chi connectivity index (χ0n) is 14.5. The van der Waals surface area contributed by atoms with Crippen LogP contribution in [0.15, 0.2) is 0 Å². The Morgan fingerprint density at radius 1 is 1.33 bits per heavy atom. The van der Waals surface area contributed by atoms with Gasteiger partial charge in [-0.05, 0) is 49.4 Å². The molecule has 6 atom stereocenters. The number of nitrogens with two attached hydrogens (primary N) is 1. The van der Waals surface area contributed by atoms with E-state index < -0.39 is 18.1 Å². The number of carbonyl (C=O) groups is 3. The smallest absolute Gasteiger partial charge is 0.248 e. The fourth-order valence-electron chi connectivity index (χ4n) is 5.17. The van der Waals surface area contributed by atoms with Crippen LogP contribution < -0.4 is 11.1 Å². The van der Waals surface area contributed by atoms with E-state index in [9.17, 15) is 19.5 Å². The van der Waals surface area contributed by atoms with Gasteiger partial charge in [-0.3, -0.25) is 14.4 Å². The second kappa shape index (κ2) is 6.14. The van der Waals surface area contributed by atoms with Gasteiger partial charge < -0.3 is 16.2 Å². The maximum atomic E-state index is 12.7. The van der Waals surface area contributed by atoms with Gasteiger partial charge in [-0.1, -0.05) is 13.8 Å². The molecule has 0 heterocycles. The van der Waals surface area contributed by atoms with E-state index in [0.717, 1.165) is 25.7 Å². The van der Waals surface area contributed by atoms with Crippen molar-refractivity contribution in [2.75, 3.05) is 0 Å². The van der Waals surface area contributed by atoms with E-state index in [1.165, 1.54) is 0 Å². The number of hydrogen-bond donors (Lipinski definition) is 3. The molecule has 3 rings (SSSR count). The highest BCUT2D eigenvalue weighted by molar-refractivity contribution is 5.85. The van der Waals surface area contributed by atoms with Gasteiger partial charge in [0, 0.05) is 18.3 Å². The first-order valence-corrected chi connectivity index (χ1v) is 9.04. The molecule has 3 aliphatic rings. The highest BCUT2D eigenvalue weighted by Crippen LogP contribution is 2.69. The third-order valence-electron chi connectivity index (χ3n) is 6.67. The fraction of sp³-hybridized carbons (Fsp3) is 0.833. The quantitative estimate of drug-likeness (QED) is 0.665. The Hall–Kier alpha value is -1.43. The van der Waals surface area contributed by atoms with Crippen molar-refractivity contribution in [2.24, 2.45) is 34.8 Å². The summed E-state index contributed by atoms with van der Waals surface area (Å²) >= 11 is 0. The lowest BCUT2D eigenvalue weighted by atomic mass is 9.90.